The van der Waals surface area contributed by atoms with E-state index in [2.05, 4.69) is 0 Å². The van der Waals surface area contributed by atoms with E-state index < -0.39 is 176 Å². The second-order valence-electron chi connectivity index (χ2n) is 18.8. The molecule has 16 N–H and O–H groups in total. The van der Waals surface area contributed by atoms with Crippen LogP contribution in [0.1, 0.15) is 98.1 Å². The van der Waals surface area contributed by atoms with Crippen molar-refractivity contribution in [3.05, 3.63) is 147 Å². The van der Waals surface area contributed by atoms with Gasteiger partial charge in [0.05, 0.1) is 24.4 Å². The lowest BCUT2D eigenvalue weighted by Gasteiger charge is -2.44. The third kappa shape index (κ3) is 7.62. The maximum Gasteiger partial charge on any atom is 0.312 e. The van der Waals surface area contributed by atoms with Gasteiger partial charge in [-0.25, -0.2) is 0 Å². The molecule has 0 saturated heterocycles. The van der Waals surface area contributed by atoms with E-state index in [1.54, 1.807) is 0 Å². The van der Waals surface area contributed by atoms with Crippen LogP contribution in [0.4, 0.5) is 0 Å². The number of rotatable bonds is 6. The van der Waals surface area contributed by atoms with Crippen LogP contribution in [0.15, 0.2) is 91.0 Å². The lowest BCUT2D eigenvalue weighted by molar-refractivity contribution is -0.135. The molecule has 0 spiro atoms. The maximum atomic E-state index is 14.1. The number of hydrogen-bond donors (Lipinski definition) is 16. The molecule has 0 amide bonds. The van der Waals surface area contributed by atoms with Gasteiger partial charge >= 0.3 is 5.97 Å². The number of esters is 1. The highest BCUT2D eigenvalue weighted by Crippen LogP contribution is 2.65. The molecule has 7 aromatic carbocycles. The zero-order chi connectivity index (χ0) is 53.2. The Morgan fingerprint density at radius 3 is 1.41 bits per heavy atom. The minimum atomic E-state index is -2.04. The fourth-order valence-corrected chi connectivity index (χ4v) is 10.9. The SMILES string of the molecule is O=C1C[C@@H](c2ccc(O)c(O)c2)c2c3c(c(O)c([C@@H]4c5c(O)cc(O)cc5O[C@H](c5ccc(O)c(O)c5)[C@H]4O)c2O1)[C@@H](c1c(O)cc(O)c2c1O[C@H](c1ccc(O)c(O)c1)[C@H](O)C2)[C@@H](O)[C@@H](c1ccc(O)c(O)c1)O3. The molecule has 11 rings (SSSR count). The van der Waals surface area contributed by atoms with Gasteiger partial charge in [0, 0.05) is 63.9 Å². The van der Waals surface area contributed by atoms with Crippen LogP contribution in [0.5, 0.6) is 97.7 Å². The number of aromatic hydroxyl groups is 13. The summed E-state index contributed by atoms with van der Waals surface area (Å²) >= 11 is 0. The van der Waals surface area contributed by atoms with Crippen LogP contribution in [0.2, 0.25) is 0 Å². The Bertz CT molecular complexity index is 3540. The van der Waals surface area contributed by atoms with Crippen molar-refractivity contribution in [1.29, 1.82) is 0 Å². The van der Waals surface area contributed by atoms with Gasteiger partial charge in [-0.15, -0.1) is 0 Å². The molecule has 21 heteroatoms. The summed E-state index contributed by atoms with van der Waals surface area (Å²) in [5, 5.41) is 181. The van der Waals surface area contributed by atoms with E-state index in [1.165, 1.54) is 24.3 Å². The molecule has 0 fully saturated rings. The fourth-order valence-electron chi connectivity index (χ4n) is 10.9. The van der Waals surface area contributed by atoms with Crippen LogP contribution >= 0.6 is 0 Å². The number of aliphatic hydroxyl groups is 3. The molecule has 4 aliphatic rings. The maximum absolute atomic E-state index is 14.1. The van der Waals surface area contributed by atoms with E-state index in [9.17, 15) is 86.5 Å². The predicted octanol–water partition coefficient (Wildman–Crippen LogP) is 5.59. The third-order valence-electron chi connectivity index (χ3n) is 14.3. The molecule has 4 aliphatic heterocycles. The normalized spacial score (nSPS) is 23.5. The zero-order valence-electron chi connectivity index (χ0n) is 38.5. The average Bonchev–Trinajstić information content (AvgIpc) is 3.36. The van der Waals surface area contributed by atoms with Crippen molar-refractivity contribution in [2.45, 2.75) is 67.2 Å². The number of ether oxygens (including phenoxy) is 4. The summed E-state index contributed by atoms with van der Waals surface area (Å²) in [5.74, 6) is -15.9. The van der Waals surface area contributed by atoms with Crippen LogP contribution < -0.4 is 18.9 Å². The van der Waals surface area contributed by atoms with Gasteiger partial charge in [0.1, 0.15) is 70.1 Å². The monoisotopic (exact) mass is 1030 g/mol. The lowest BCUT2D eigenvalue weighted by atomic mass is 9.71. The highest BCUT2D eigenvalue weighted by atomic mass is 16.5. The van der Waals surface area contributed by atoms with Crippen molar-refractivity contribution in [1.82, 2.24) is 0 Å². The lowest BCUT2D eigenvalue weighted by Crippen LogP contribution is -2.39. The molecule has 21 nitrogen and oxygen atoms in total. The number of carbonyl (C=O) groups excluding carboxylic acids is 1. The van der Waals surface area contributed by atoms with Gasteiger partial charge in [0.25, 0.3) is 0 Å². The fraction of sp³-hybridized carbons (Fsp3) is 0.204. The van der Waals surface area contributed by atoms with Crippen LogP contribution in [0, 0.1) is 0 Å². The minimum absolute atomic E-state index is 0.00476. The molecule has 4 heterocycles. The molecule has 0 aromatic heterocycles. The van der Waals surface area contributed by atoms with Gasteiger partial charge < -0.3 is 101 Å². The Balaban J connectivity index is 1.26. The molecule has 0 bridgehead atoms. The molecule has 9 atom stereocenters. The Hall–Kier alpha value is -9.31. The number of phenols is 13. The molecular weight excluding hydrogens is 985 g/mol. The summed E-state index contributed by atoms with van der Waals surface area (Å²) in [6.07, 6.45) is -11.2. The topological polar surface area (TPSA) is 378 Å². The number of fused-ring (bicyclic) bond motifs is 5. The zero-order valence-corrected chi connectivity index (χ0v) is 38.5. The molecule has 75 heavy (non-hydrogen) atoms. The Labute approximate surface area is 421 Å². The molecule has 0 radical (unpaired) electrons. The minimum Gasteiger partial charge on any atom is -0.508 e. The Morgan fingerprint density at radius 1 is 0.387 bits per heavy atom. The van der Waals surface area contributed by atoms with Gasteiger partial charge in [-0.2, -0.15) is 0 Å². The van der Waals surface area contributed by atoms with Crippen molar-refractivity contribution in [2.24, 2.45) is 0 Å². The Morgan fingerprint density at radius 2 is 0.853 bits per heavy atom. The van der Waals surface area contributed by atoms with Crippen LogP contribution in [-0.2, 0) is 11.2 Å². The average molecular weight is 1030 g/mol. The molecule has 0 unspecified atom stereocenters. The summed E-state index contributed by atoms with van der Waals surface area (Å²) in [4.78, 5) is 14.1. The van der Waals surface area contributed by atoms with Gasteiger partial charge in [-0.1, -0.05) is 24.3 Å². The highest BCUT2D eigenvalue weighted by molar-refractivity contribution is 5.83. The van der Waals surface area contributed by atoms with Gasteiger partial charge in [0.2, 0.25) is 0 Å². The summed E-state index contributed by atoms with van der Waals surface area (Å²) in [6.45, 7) is 0. The highest BCUT2D eigenvalue weighted by Gasteiger charge is 2.53. The standard InChI is InChI=1S/C54H44O21/c55-22-13-34(65)40-37(14-22)72-50(20-3-7-27(58)32(63)11-20)47(70)42(40)44-46(69)45-43(41-35(66)17-29(60)24-15-36(67)49(74-52(24)41)19-2-6-26(57)31(62)10-19)48(71)51(21-4-8-28(59)33(64)12-21)75-54(45)39-23(16-38(68)73-53(39)44)18-1-5-25(56)30(61)9-18/h1-14,17,23,36,42-43,47-51,55-67,69-71H,15-16H2/t23-,36+,42-,43+,47-,48+,49+,50+,51+/m0/s1. The van der Waals surface area contributed by atoms with Crippen molar-refractivity contribution >= 4 is 5.97 Å². The first-order valence-corrected chi connectivity index (χ1v) is 23.1. The van der Waals surface area contributed by atoms with Crippen molar-refractivity contribution in [3.8, 4) is 97.7 Å². The van der Waals surface area contributed by atoms with E-state index in [4.69, 9.17) is 18.9 Å². The van der Waals surface area contributed by atoms with E-state index >= 15 is 0 Å². The van der Waals surface area contributed by atoms with Crippen LogP contribution in [0.25, 0.3) is 0 Å². The van der Waals surface area contributed by atoms with Gasteiger partial charge in [-0.3, -0.25) is 4.79 Å². The first-order chi connectivity index (χ1) is 35.7. The summed E-state index contributed by atoms with van der Waals surface area (Å²) in [5.41, 5.74) is -1.76. The van der Waals surface area contributed by atoms with Gasteiger partial charge in [-0.05, 0) is 70.8 Å². The molecular formula is C54H44O21. The molecule has 0 aliphatic carbocycles. The van der Waals surface area contributed by atoms with E-state index in [1.807, 2.05) is 0 Å². The number of carbonyl (C=O) groups is 1. The first kappa shape index (κ1) is 48.0. The second-order valence-corrected chi connectivity index (χ2v) is 18.8. The summed E-state index contributed by atoms with van der Waals surface area (Å²) in [6, 6.07) is 16.9. The van der Waals surface area contributed by atoms with Crippen molar-refractivity contribution in [2.75, 3.05) is 0 Å². The summed E-state index contributed by atoms with van der Waals surface area (Å²) < 4.78 is 25.5. The van der Waals surface area contributed by atoms with Crippen LogP contribution in [0.3, 0.4) is 0 Å². The Kier molecular flexibility index (Phi) is 11.2. The van der Waals surface area contributed by atoms with E-state index in [0.29, 0.717) is 0 Å². The van der Waals surface area contributed by atoms with Crippen molar-refractivity contribution in [3.63, 3.8) is 0 Å². The molecule has 7 aromatic rings. The van der Waals surface area contributed by atoms with Crippen LogP contribution in [-0.4, -0.2) is 106 Å². The number of benzene rings is 7. The first-order valence-electron chi connectivity index (χ1n) is 23.1. The number of phenolic OH excluding ortho intramolecular Hbond substituents is 13. The molecule has 386 valence electrons. The summed E-state index contributed by atoms with van der Waals surface area (Å²) in [7, 11) is 0. The number of hydrogen-bond acceptors (Lipinski definition) is 21. The van der Waals surface area contributed by atoms with E-state index in [0.717, 1.165) is 66.7 Å². The largest absolute Gasteiger partial charge is 0.508 e. The van der Waals surface area contributed by atoms with Crippen molar-refractivity contribution < 1.29 is 105 Å². The third-order valence-corrected chi connectivity index (χ3v) is 14.3. The van der Waals surface area contributed by atoms with E-state index in [-0.39, 0.29) is 50.4 Å². The van der Waals surface area contributed by atoms with Gasteiger partial charge in [0.15, 0.2) is 58.2 Å². The quantitative estimate of drug-likeness (QED) is 0.0548. The molecule has 0 saturated carbocycles. The predicted molar refractivity (Wildman–Crippen MR) is 254 cm³/mol. The smallest absolute Gasteiger partial charge is 0.312 e. The number of aliphatic hydroxyl groups excluding tert-OH is 3. The second kappa shape index (κ2) is 17.4.